The van der Waals surface area contributed by atoms with Gasteiger partial charge in [-0.1, -0.05) is 90.5 Å². The Morgan fingerprint density at radius 3 is 2.10 bits per heavy atom. The first-order chi connectivity index (χ1) is 15.2. The molecular weight excluding hydrogens is 422 g/mol. The molecule has 6 aromatic rings. The molecule has 0 aliphatic rings. The summed E-state index contributed by atoms with van der Waals surface area (Å²) in [4.78, 5) is 13.8. The molecule has 5 aromatic carbocycles. The summed E-state index contributed by atoms with van der Waals surface area (Å²) in [5, 5.41) is 11.2. The van der Waals surface area contributed by atoms with Gasteiger partial charge in [-0.15, -0.1) is 11.3 Å². The maximum Gasteiger partial charge on any atom is 0.267 e. The van der Waals surface area contributed by atoms with Gasteiger partial charge in [-0.2, -0.15) is 0 Å². The van der Waals surface area contributed by atoms with E-state index in [1.54, 1.807) is 0 Å². The topological polar surface area (TPSA) is 29.1 Å². The van der Waals surface area contributed by atoms with E-state index in [9.17, 15) is 4.79 Å². The normalized spacial score (nSPS) is 11.5. The zero-order chi connectivity index (χ0) is 20.9. The molecule has 0 spiro atoms. The van der Waals surface area contributed by atoms with Gasteiger partial charge in [0.25, 0.3) is 5.91 Å². The molecule has 0 aliphatic carbocycles. The Balaban J connectivity index is 1.52. The van der Waals surface area contributed by atoms with Crippen molar-refractivity contribution >= 4 is 76.9 Å². The van der Waals surface area contributed by atoms with Gasteiger partial charge in [0.15, 0.2) is 0 Å². The molecule has 4 heteroatoms. The molecule has 1 N–H and O–H groups in total. The first-order valence-corrected chi connectivity index (χ1v) is 11.2. The molecule has 0 unspecified atom stereocenters. The van der Waals surface area contributed by atoms with Crippen LogP contribution in [-0.2, 0) is 0 Å². The van der Waals surface area contributed by atoms with Crippen molar-refractivity contribution in [2.24, 2.45) is 0 Å². The van der Waals surface area contributed by atoms with Crippen molar-refractivity contribution in [1.29, 1.82) is 0 Å². The van der Waals surface area contributed by atoms with Crippen molar-refractivity contribution in [1.82, 2.24) is 0 Å². The molecule has 0 saturated heterocycles. The van der Waals surface area contributed by atoms with Gasteiger partial charge in [-0.3, -0.25) is 4.79 Å². The second-order valence-corrected chi connectivity index (χ2v) is 8.96. The number of carbonyl (C=O) groups excluding carboxylic acids is 1. The highest BCUT2D eigenvalue weighted by Crippen LogP contribution is 2.44. The van der Waals surface area contributed by atoms with Crippen LogP contribution in [0.25, 0.3) is 42.4 Å². The van der Waals surface area contributed by atoms with Crippen LogP contribution in [0.5, 0.6) is 0 Å². The smallest absolute Gasteiger partial charge is 0.267 e. The summed E-state index contributed by atoms with van der Waals surface area (Å²) in [5.74, 6) is -0.186. The zero-order valence-electron chi connectivity index (χ0n) is 16.4. The molecule has 31 heavy (non-hydrogen) atoms. The molecule has 2 nitrogen and oxygen atoms in total. The Kier molecular flexibility index (Phi) is 4.20. The quantitative estimate of drug-likeness (QED) is 0.271. The second kappa shape index (κ2) is 7.09. The molecular formula is C27H16ClNOS. The second-order valence-electron chi connectivity index (χ2n) is 7.56. The van der Waals surface area contributed by atoms with E-state index in [1.165, 1.54) is 16.7 Å². The van der Waals surface area contributed by atoms with E-state index in [0.717, 1.165) is 42.7 Å². The highest BCUT2D eigenvalue weighted by Gasteiger charge is 2.21. The van der Waals surface area contributed by atoms with E-state index in [4.69, 9.17) is 11.6 Å². The average Bonchev–Trinajstić information content (AvgIpc) is 3.17. The van der Waals surface area contributed by atoms with Crippen LogP contribution < -0.4 is 5.32 Å². The number of hydrogen-bond acceptors (Lipinski definition) is 2. The Bertz CT molecular complexity index is 1650. The van der Waals surface area contributed by atoms with Crippen LogP contribution in [0.1, 0.15) is 9.67 Å². The fourth-order valence-corrected chi connectivity index (χ4v) is 5.89. The first-order valence-electron chi connectivity index (χ1n) is 10.0. The van der Waals surface area contributed by atoms with E-state index < -0.39 is 0 Å². The number of hydrogen-bond donors (Lipinski definition) is 1. The summed E-state index contributed by atoms with van der Waals surface area (Å²) in [6.07, 6.45) is 0. The number of fused-ring (bicyclic) bond motifs is 7. The first kappa shape index (κ1) is 18.4. The molecule has 1 amide bonds. The summed E-state index contributed by atoms with van der Waals surface area (Å²) < 4.78 is 1.04. The lowest BCUT2D eigenvalue weighted by Gasteiger charge is -2.07. The van der Waals surface area contributed by atoms with E-state index in [0.29, 0.717) is 9.90 Å². The zero-order valence-corrected chi connectivity index (χ0v) is 17.9. The Morgan fingerprint density at radius 2 is 1.32 bits per heavy atom. The summed E-state index contributed by atoms with van der Waals surface area (Å²) in [6, 6.07) is 30.5. The lowest BCUT2D eigenvalue weighted by molar-refractivity contribution is 0.103. The molecule has 0 atom stereocenters. The van der Waals surface area contributed by atoms with Crippen molar-refractivity contribution < 1.29 is 4.79 Å². The number of thiophene rings is 1. The number of nitrogens with one attached hydrogen (secondary N) is 1. The summed E-state index contributed by atoms with van der Waals surface area (Å²) >= 11 is 8.30. The van der Waals surface area contributed by atoms with Crippen LogP contribution in [0.4, 0.5) is 5.69 Å². The third-order valence-electron chi connectivity index (χ3n) is 5.72. The number of anilines is 1. The monoisotopic (exact) mass is 437 g/mol. The number of amides is 1. The third-order valence-corrected chi connectivity index (χ3v) is 7.43. The van der Waals surface area contributed by atoms with Gasteiger partial charge in [0, 0.05) is 21.2 Å². The number of halogens is 1. The third kappa shape index (κ3) is 2.89. The highest BCUT2D eigenvalue weighted by molar-refractivity contribution is 7.23. The molecule has 0 fully saturated rings. The van der Waals surface area contributed by atoms with Crippen molar-refractivity contribution in [2.45, 2.75) is 0 Å². The maximum absolute atomic E-state index is 13.2. The molecule has 148 valence electrons. The van der Waals surface area contributed by atoms with Crippen LogP contribution in [0.3, 0.4) is 0 Å². The molecule has 0 bridgehead atoms. The Morgan fingerprint density at radius 1 is 0.710 bits per heavy atom. The van der Waals surface area contributed by atoms with Gasteiger partial charge in [0.1, 0.15) is 4.88 Å². The lowest BCUT2D eigenvalue weighted by Crippen LogP contribution is -2.10. The minimum atomic E-state index is -0.186. The molecule has 0 saturated carbocycles. The summed E-state index contributed by atoms with van der Waals surface area (Å²) in [6.45, 7) is 0. The van der Waals surface area contributed by atoms with Gasteiger partial charge < -0.3 is 5.32 Å². The van der Waals surface area contributed by atoms with Crippen molar-refractivity contribution in [3.05, 3.63) is 101 Å². The van der Waals surface area contributed by atoms with Crippen LogP contribution in [0, 0.1) is 0 Å². The van der Waals surface area contributed by atoms with Gasteiger partial charge in [0.2, 0.25) is 0 Å². The van der Waals surface area contributed by atoms with Crippen molar-refractivity contribution in [3.8, 4) is 0 Å². The SMILES string of the molecule is O=C(Nc1ccc2ccccc2c1)c1sc2c3ccccc3c3ccccc3c2c1Cl. The van der Waals surface area contributed by atoms with E-state index in [1.807, 2.05) is 60.7 Å². The lowest BCUT2D eigenvalue weighted by atomic mass is 9.99. The van der Waals surface area contributed by atoms with E-state index in [-0.39, 0.29) is 5.91 Å². The summed E-state index contributed by atoms with van der Waals surface area (Å²) in [5.41, 5.74) is 0.756. The van der Waals surface area contributed by atoms with Crippen LogP contribution in [0.15, 0.2) is 91.0 Å². The highest BCUT2D eigenvalue weighted by atomic mass is 35.5. The van der Waals surface area contributed by atoms with Crippen molar-refractivity contribution in [2.75, 3.05) is 5.32 Å². The molecule has 0 radical (unpaired) electrons. The minimum absolute atomic E-state index is 0.186. The maximum atomic E-state index is 13.2. The predicted molar refractivity (Wildman–Crippen MR) is 134 cm³/mol. The standard InChI is InChI=1S/C27H16ClNOS/c28-24-23-21-11-5-3-9-19(21)20-10-4-6-12-22(20)25(23)31-26(24)27(30)29-18-14-13-16-7-1-2-8-17(16)15-18/h1-15H,(H,29,30). The van der Waals surface area contributed by atoms with Crippen molar-refractivity contribution in [3.63, 3.8) is 0 Å². The number of carbonyl (C=O) groups is 1. The molecule has 1 heterocycles. The van der Waals surface area contributed by atoms with E-state index in [2.05, 4.69) is 35.6 Å². The van der Waals surface area contributed by atoms with Gasteiger partial charge in [-0.25, -0.2) is 0 Å². The molecule has 6 rings (SSSR count). The van der Waals surface area contributed by atoms with Crippen LogP contribution in [-0.4, -0.2) is 5.91 Å². The Hall–Kier alpha value is -3.40. The van der Waals surface area contributed by atoms with E-state index >= 15 is 0 Å². The predicted octanol–water partition coefficient (Wildman–Crippen LogP) is 8.27. The number of benzene rings is 5. The van der Waals surface area contributed by atoms with Gasteiger partial charge >= 0.3 is 0 Å². The fourth-order valence-electron chi connectivity index (χ4n) is 4.29. The van der Waals surface area contributed by atoms with Gasteiger partial charge in [0.05, 0.1) is 5.02 Å². The average molecular weight is 438 g/mol. The van der Waals surface area contributed by atoms with Crippen LogP contribution in [0.2, 0.25) is 5.02 Å². The largest absolute Gasteiger partial charge is 0.321 e. The fraction of sp³-hybridized carbons (Fsp3) is 0. The minimum Gasteiger partial charge on any atom is -0.321 e. The molecule has 0 aliphatic heterocycles. The Labute approximate surface area is 187 Å². The number of rotatable bonds is 2. The van der Waals surface area contributed by atoms with Gasteiger partial charge in [-0.05, 0) is 39.1 Å². The molecule has 1 aromatic heterocycles. The summed E-state index contributed by atoms with van der Waals surface area (Å²) in [7, 11) is 0. The van der Waals surface area contributed by atoms with Crippen LogP contribution >= 0.6 is 22.9 Å².